The Hall–Kier alpha value is -3.45. The van der Waals surface area contributed by atoms with Crippen LogP contribution in [-0.4, -0.2) is 43.1 Å². The Bertz CT molecular complexity index is 1040. The predicted molar refractivity (Wildman–Crippen MR) is 116 cm³/mol. The van der Waals surface area contributed by atoms with Crippen molar-refractivity contribution in [3.05, 3.63) is 71.5 Å². The van der Waals surface area contributed by atoms with E-state index in [0.717, 1.165) is 43.1 Å². The molecular formula is C23H24N4O3. The van der Waals surface area contributed by atoms with Crippen molar-refractivity contribution in [3.8, 4) is 11.3 Å². The topological polar surface area (TPSA) is 80.0 Å². The highest BCUT2D eigenvalue weighted by molar-refractivity contribution is 6.03. The molecule has 1 saturated heterocycles. The summed E-state index contributed by atoms with van der Waals surface area (Å²) in [5.74, 6) is 0.103. The lowest BCUT2D eigenvalue weighted by atomic mass is 10.1. The van der Waals surface area contributed by atoms with Crippen LogP contribution in [0.4, 0.5) is 5.69 Å². The monoisotopic (exact) mass is 404 g/mol. The molecule has 7 nitrogen and oxygen atoms in total. The summed E-state index contributed by atoms with van der Waals surface area (Å²) in [5.41, 5.74) is 7.17. The van der Waals surface area contributed by atoms with Crippen molar-refractivity contribution in [3.63, 3.8) is 0 Å². The minimum Gasteiger partial charge on any atom is -0.378 e. The number of amides is 1. The summed E-state index contributed by atoms with van der Waals surface area (Å²) >= 11 is 0. The number of anilines is 1. The average molecular weight is 404 g/mol. The minimum atomic E-state index is -0.350. The largest absolute Gasteiger partial charge is 0.378 e. The molecule has 0 aliphatic carbocycles. The van der Waals surface area contributed by atoms with Crippen LogP contribution in [0.2, 0.25) is 0 Å². The summed E-state index contributed by atoms with van der Waals surface area (Å²) in [4.78, 5) is 15.1. The predicted octanol–water partition coefficient (Wildman–Crippen LogP) is 3.64. The molecule has 3 aromatic rings. The van der Waals surface area contributed by atoms with Gasteiger partial charge in [0.15, 0.2) is 0 Å². The number of aromatic nitrogens is 1. The SMILES string of the molecule is C/C(=N/NC(=O)c1c(-c2ccccc2)noc1C)c1ccc(N2CCOCC2)cc1. The lowest BCUT2D eigenvalue weighted by molar-refractivity contribution is 0.0954. The highest BCUT2D eigenvalue weighted by Crippen LogP contribution is 2.25. The van der Waals surface area contributed by atoms with Crippen LogP contribution in [0.3, 0.4) is 0 Å². The molecular weight excluding hydrogens is 380 g/mol. The number of hydrazone groups is 1. The number of nitrogens with one attached hydrogen (secondary N) is 1. The van der Waals surface area contributed by atoms with Crippen LogP contribution < -0.4 is 10.3 Å². The zero-order valence-electron chi connectivity index (χ0n) is 17.1. The van der Waals surface area contributed by atoms with E-state index in [2.05, 4.69) is 32.7 Å². The van der Waals surface area contributed by atoms with Gasteiger partial charge in [-0.3, -0.25) is 4.79 Å². The van der Waals surface area contributed by atoms with Crippen molar-refractivity contribution < 1.29 is 14.1 Å². The number of benzene rings is 2. The van der Waals surface area contributed by atoms with Crippen molar-refractivity contribution in [1.29, 1.82) is 0 Å². The van der Waals surface area contributed by atoms with Gasteiger partial charge in [-0.05, 0) is 31.5 Å². The van der Waals surface area contributed by atoms with Gasteiger partial charge in [0.2, 0.25) is 0 Å². The lowest BCUT2D eigenvalue weighted by Crippen LogP contribution is -2.36. The zero-order valence-corrected chi connectivity index (χ0v) is 17.1. The van der Waals surface area contributed by atoms with Gasteiger partial charge in [0.1, 0.15) is 17.0 Å². The van der Waals surface area contributed by atoms with Crippen LogP contribution in [0.25, 0.3) is 11.3 Å². The van der Waals surface area contributed by atoms with Crippen LogP contribution in [0.5, 0.6) is 0 Å². The van der Waals surface area contributed by atoms with Gasteiger partial charge in [0, 0.05) is 24.3 Å². The zero-order chi connectivity index (χ0) is 20.9. The Morgan fingerprint density at radius 2 is 1.77 bits per heavy atom. The highest BCUT2D eigenvalue weighted by Gasteiger charge is 2.21. The standard InChI is InChI=1S/C23H24N4O3/c1-16(18-8-10-20(11-9-18)27-12-14-29-15-13-27)24-25-23(28)21-17(2)30-26-22(21)19-6-4-3-5-7-19/h3-11H,12-15H2,1-2H3,(H,25,28)/b24-16-. The number of hydrogen-bond donors (Lipinski definition) is 1. The molecule has 7 heteroatoms. The maximum absolute atomic E-state index is 12.8. The van der Waals surface area contributed by atoms with Crippen molar-refractivity contribution in [2.24, 2.45) is 5.10 Å². The number of hydrogen-bond acceptors (Lipinski definition) is 6. The molecule has 0 radical (unpaired) electrons. The van der Waals surface area contributed by atoms with Crippen molar-refractivity contribution in [2.75, 3.05) is 31.2 Å². The Kier molecular flexibility index (Phi) is 5.90. The van der Waals surface area contributed by atoms with E-state index in [0.29, 0.717) is 22.7 Å². The number of carbonyl (C=O) groups is 1. The van der Waals surface area contributed by atoms with E-state index in [4.69, 9.17) is 9.26 Å². The first-order valence-electron chi connectivity index (χ1n) is 9.93. The molecule has 0 saturated carbocycles. The summed E-state index contributed by atoms with van der Waals surface area (Å²) in [6.07, 6.45) is 0. The third-order valence-electron chi connectivity index (χ3n) is 5.12. The molecule has 1 amide bonds. The fraction of sp³-hybridized carbons (Fsp3) is 0.261. The third kappa shape index (κ3) is 4.26. The van der Waals surface area contributed by atoms with Crippen LogP contribution >= 0.6 is 0 Å². The molecule has 2 aromatic carbocycles. The normalized spacial score (nSPS) is 14.6. The van der Waals surface area contributed by atoms with Gasteiger partial charge in [0.05, 0.1) is 18.9 Å². The molecule has 1 aliphatic rings. The van der Waals surface area contributed by atoms with E-state index in [9.17, 15) is 4.79 Å². The van der Waals surface area contributed by atoms with Crippen LogP contribution in [-0.2, 0) is 4.74 Å². The van der Waals surface area contributed by atoms with Crippen molar-refractivity contribution >= 4 is 17.3 Å². The second-order valence-electron chi connectivity index (χ2n) is 7.11. The summed E-state index contributed by atoms with van der Waals surface area (Å²) in [6.45, 7) is 6.87. The molecule has 0 spiro atoms. The molecule has 0 atom stereocenters. The number of nitrogens with zero attached hydrogens (tertiary/aromatic N) is 3. The molecule has 1 N–H and O–H groups in total. The maximum atomic E-state index is 12.8. The quantitative estimate of drug-likeness (QED) is 0.519. The highest BCUT2D eigenvalue weighted by atomic mass is 16.5. The van der Waals surface area contributed by atoms with Gasteiger partial charge < -0.3 is 14.2 Å². The lowest BCUT2D eigenvalue weighted by Gasteiger charge is -2.28. The van der Waals surface area contributed by atoms with Gasteiger partial charge in [-0.1, -0.05) is 47.6 Å². The molecule has 1 aliphatic heterocycles. The number of aryl methyl sites for hydroxylation is 1. The van der Waals surface area contributed by atoms with E-state index in [1.165, 1.54) is 0 Å². The summed E-state index contributed by atoms with van der Waals surface area (Å²) in [6, 6.07) is 17.6. The molecule has 0 unspecified atom stereocenters. The first kappa shape index (κ1) is 19.8. The van der Waals surface area contributed by atoms with E-state index in [1.807, 2.05) is 49.4 Å². The first-order valence-corrected chi connectivity index (χ1v) is 9.93. The molecule has 4 rings (SSSR count). The molecule has 2 heterocycles. The fourth-order valence-corrected chi connectivity index (χ4v) is 3.42. The van der Waals surface area contributed by atoms with Gasteiger partial charge >= 0.3 is 0 Å². The van der Waals surface area contributed by atoms with Gasteiger partial charge in [0.25, 0.3) is 5.91 Å². The van der Waals surface area contributed by atoms with Gasteiger partial charge in [-0.2, -0.15) is 5.10 Å². The molecule has 30 heavy (non-hydrogen) atoms. The van der Waals surface area contributed by atoms with Crippen LogP contribution in [0.1, 0.15) is 28.6 Å². The minimum absolute atomic E-state index is 0.350. The third-order valence-corrected chi connectivity index (χ3v) is 5.12. The Balaban J connectivity index is 1.47. The van der Waals surface area contributed by atoms with E-state index in [-0.39, 0.29) is 5.91 Å². The Morgan fingerprint density at radius 1 is 1.07 bits per heavy atom. The number of morpholine rings is 1. The maximum Gasteiger partial charge on any atom is 0.277 e. The van der Waals surface area contributed by atoms with E-state index in [1.54, 1.807) is 6.92 Å². The first-order chi connectivity index (χ1) is 14.6. The van der Waals surface area contributed by atoms with Crippen LogP contribution in [0, 0.1) is 6.92 Å². The summed E-state index contributed by atoms with van der Waals surface area (Å²) < 4.78 is 10.7. The van der Waals surface area contributed by atoms with E-state index < -0.39 is 0 Å². The van der Waals surface area contributed by atoms with Gasteiger partial charge in [-0.25, -0.2) is 5.43 Å². The van der Waals surface area contributed by atoms with Crippen molar-refractivity contribution in [2.45, 2.75) is 13.8 Å². The van der Waals surface area contributed by atoms with Gasteiger partial charge in [-0.15, -0.1) is 0 Å². The molecule has 1 aromatic heterocycles. The average Bonchev–Trinajstić information content (AvgIpc) is 3.20. The number of carbonyl (C=O) groups excluding carboxylic acids is 1. The molecule has 154 valence electrons. The summed E-state index contributed by atoms with van der Waals surface area (Å²) in [5, 5.41) is 8.33. The summed E-state index contributed by atoms with van der Waals surface area (Å²) in [7, 11) is 0. The second-order valence-corrected chi connectivity index (χ2v) is 7.11. The van der Waals surface area contributed by atoms with Crippen molar-refractivity contribution in [1.82, 2.24) is 10.6 Å². The number of rotatable bonds is 5. The fourth-order valence-electron chi connectivity index (χ4n) is 3.42. The molecule has 0 bridgehead atoms. The Labute approximate surface area is 175 Å². The number of ether oxygens (including phenoxy) is 1. The second kappa shape index (κ2) is 8.92. The smallest absolute Gasteiger partial charge is 0.277 e. The molecule has 1 fully saturated rings. The van der Waals surface area contributed by atoms with E-state index >= 15 is 0 Å². The Morgan fingerprint density at radius 3 is 2.47 bits per heavy atom. The van der Waals surface area contributed by atoms with Crippen LogP contribution in [0.15, 0.2) is 64.2 Å².